The zero-order valence-electron chi connectivity index (χ0n) is 13.4. The molecule has 0 bridgehead atoms. The molecule has 2 aromatic heterocycles. The van der Waals surface area contributed by atoms with Gasteiger partial charge >= 0.3 is 0 Å². The van der Waals surface area contributed by atoms with E-state index in [0.717, 1.165) is 22.6 Å². The molecule has 4 heteroatoms. The lowest BCUT2D eigenvalue weighted by Gasteiger charge is -2.00. The number of thiazole rings is 1. The molecule has 2 heterocycles. The van der Waals surface area contributed by atoms with Gasteiger partial charge in [0.15, 0.2) is 0 Å². The second-order valence-corrected chi connectivity index (χ2v) is 6.88. The summed E-state index contributed by atoms with van der Waals surface area (Å²) in [5, 5.41) is 5.45. The molecule has 0 saturated carbocycles. The van der Waals surface area contributed by atoms with Crippen LogP contribution in [0.25, 0.3) is 22.4 Å². The Labute approximate surface area is 144 Å². The van der Waals surface area contributed by atoms with E-state index in [-0.39, 0.29) is 0 Å². The fraction of sp³-hybridized carbons (Fsp3) is 0.100. The molecule has 0 saturated heterocycles. The highest BCUT2D eigenvalue weighted by Crippen LogP contribution is 2.24. The highest BCUT2D eigenvalue weighted by molar-refractivity contribution is 7.19. The third-order valence-electron chi connectivity index (χ3n) is 3.82. The number of hydrogen-bond donors (Lipinski definition) is 0. The lowest BCUT2D eigenvalue weighted by molar-refractivity contribution is 0.687. The molecule has 0 aliphatic heterocycles. The van der Waals surface area contributed by atoms with Gasteiger partial charge in [-0.2, -0.15) is 5.10 Å². The maximum Gasteiger partial charge on any atom is 0.117 e. The van der Waals surface area contributed by atoms with Crippen molar-refractivity contribution in [3.63, 3.8) is 0 Å². The predicted molar refractivity (Wildman–Crippen MR) is 101 cm³/mol. The smallest absolute Gasteiger partial charge is 0.117 e. The quantitative estimate of drug-likeness (QED) is 0.526. The number of rotatable bonds is 4. The van der Waals surface area contributed by atoms with E-state index < -0.39 is 0 Å². The van der Waals surface area contributed by atoms with Gasteiger partial charge in [0.2, 0.25) is 0 Å². The summed E-state index contributed by atoms with van der Waals surface area (Å²) in [5.41, 5.74) is 4.64. The summed E-state index contributed by atoms with van der Waals surface area (Å²) in [6, 6.07) is 16.7. The first-order valence-corrected chi connectivity index (χ1v) is 8.69. The van der Waals surface area contributed by atoms with Crippen LogP contribution in [0, 0.1) is 6.92 Å². The number of aromatic nitrogens is 3. The maximum absolute atomic E-state index is 4.67. The molecule has 4 rings (SSSR count). The standard InChI is InChI=1S/C20H17N3S/c1-15-7-9-19-18(11-15)22-20(24-19)10-8-17-12-21-23(14-17)13-16-5-3-2-4-6-16/h2-12,14H,13H2,1H3/b10-8+. The van der Waals surface area contributed by atoms with Crippen molar-refractivity contribution < 1.29 is 0 Å². The van der Waals surface area contributed by atoms with Gasteiger partial charge in [-0.25, -0.2) is 4.98 Å². The number of aryl methyl sites for hydroxylation is 1. The summed E-state index contributed by atoms with van der Waals surface area (Å²) < 4.78 is 3.18. The summed E-state index contributed by atoms with van der Waals surface area (Å²) in [5.74, 6) is 0. The van der Waals surface area contributed by atoms with Gasteiger partial charge in [0, 0.05) is 11.8 Å². The monoisotopic (exact) mass is 331 g/mol. The van der Waals surface area contributed by atoms with Gasteiger partial charge < -0.3 is 0 Å². The number of nitrogens with zero attached hydrogens (tertiary/aromatic N) is 3. The van der Waals surface area contributed by atoms with E-state index in [0.29, 0.717) is 0 Å². The van der Waals surface area contributed by atoms with Crippen molar-refractivity contribution in [1.29, 1.82) is 0 Å². The van der Waals surface area contributed by atoms with Crippen molar-refractivity contribution in [3.05, 3.63) is 82.6 Å². The Hall–Kier alpha value is -2.72. The van der Waals surface area contributed by atoms with Crippen LogP contribution < -0.4 is 0 Å². The molecule has 0 amide bonds. The average molecular weight is 331 g/mol. The molecular formula is C20H17N3S. The van der Waals surface area contributed by atoms with E-state index in [9.17, 15) is 0 Å². The Morgan fingerprint density at radius 1 is 1.08 bits per heavy atom. The van der Waals surface area contributed by atoms with Crippen LogP contribution in [0.1, 0.15) is 21.7 Å². The third kappa shape index (κ3) is 3.29. The van der Waals surface area contributed by atoms with E-state index >= 15 is 0 Å². The number of hydrogen-bond acceptors (Lipinski definition) is 3. The summed E-state index contributed by atoms with van der Waals surface area (Å²) >= 11 is 1.71. The minimum atomic E-state index is 0.787. The van der Waals surface area contributed by atoms with Gasteiger partial charge in [0.05, 0.1) is 23.0 Å². The first kappa shape index (κ1) is 14.8. The van der Waals surface area contributed by atoms with Gasteiger partial charge in [0.25, 0.3) is 0 Å². The Bertz CT molecular complexity index is 996. The van der Waals surface area contributed by atoms with Gasteiger partial charge in [0.1, 0.15) is 5.01 Å². The van der Waals surface area contributed by atoms with Crippen molar-refractivity contribution in [1.82, 2.24) is 14.8 Å². The van der Waals surface area contributed by atoms with Crippen LogP contribution in [0.15, 0.2) is 60.9 Å². The van der Waals surface area contributed by atoms with Crippen molar-refractivity contribution in [2.75, 3.05) is 0 Å². The molecule has 3 nitrogen and oxygen atoms in total. The van der Waals surface area contributed by atoms with E-state index in [1.807, 2.05) is 16.9 Å². The molecule has 0 fully saturated rings. The van der Waals surface area contributed by atoms with Crippen LogP contribution in [0.5, 0.6) is 0 Å². The molecule has 0 aliphatic rings. The fourth-order valence-corrected chi connectivity index (χ4v) is 3.47. The van der Waals surface area contributed by atoms with Crippen LogP contribution in [0.4, 0.5) is 0 Å². The average Bonchev–Trinajstić information content (AvgIpc) is 3.20. The molecule has 4 aromatic rings. The Balaban J connectivity index is 1.51. The highest BCUT2D eigenvalue weighted by Gasteiger charge is 2.02. The van der Waals surface area contributed by atoms with E-state index in [2.05, 4.69) is 77.8 Å². The number of benzene rings is 2. The minimum Gasteiger partial charge on any atom is -0.268 e. The lowest BCUT2D eigenvalue weighted by atomic mass is 10.2. The second-order valence-electron chi connectivity index (χ2n) is 5.81. The SMILES string of the molecule is Cc1ccc2sc(/C=C/c3cnn(Cc4ccccc4)c3)nc2c1. The van der Waals surface area contributed by atoms with Crippen molar-refractivity contribution >= 4 is 33.7 Å². The Morgan fingerprint density at radius 3 is 2.83 bits per heavy atom. The van der Waals surface area contributed by atoms with Gasteiger partial charge in [-0.15, -0.1) is 11.3 Å². The normalized spacial score (nSPS) is 11.5. The first-order chi connectivity index (χ1) is 11.8. The molecule has 24 heavy (non-hydrogen) atoms. The summed E-state index contributed by atoms with van der Waals surface area (Å²) in [6.45, 7) is 2.88. The van der Waals surface area contributed by atoms with Crippen LogP contribution in [-0.4, -0.2) is 14.8 Å². The van der Waals surface area contributed by atoms with E-state index in [1.54, 1.807) is 11.3 Å². The third-order valence-corrected chi connectivity index (χ3v) is 4.82. The van der Waals surface area contributed by atoms with Crippen LogP contribution in [0.3, 0.4) is 0 Å². The van der Waals surface area contributed by atoms with E-state index in [1.165, 1.54) is 15.8 Å². The van der Waals surface area contributed by atoms with Crippen LogP contribution in [-0.2, 0) is 6.54 Å². The van der Waals surface area contributed by atoms with Crippen LogP contribution in [0.2, 0.25) is 0 Å². The zero-order valence-corrected chi connectivity index (χ0v) is 14.2. The molecule has 0 spiro atoms. The lowest BCUT2D eigenvalue weighted by Crippen LogP contribution is -1.99. The molecule has 118 valence electrons. The van der Waals surface area contributed by atoms with Gasteiger partial charge in [-0.05, 0) is 42.3 Å². The molecule has 0 unspecified atom stereocenters. The Kier molecular flexibility index (Phi) is 3.97. The fourth-order valence-electron chi connectivity index (χ4n) is 2.62. The van der Waals surface area contributed by atoms with E-state index in [4.69, 9.17) is 0 Å². The molecular weight excluding hydrogens is 314 g/mol. The molecule has 0 aliphatic carbocycles. The Morgan fingerprint density at radius 2 is 1.96 bits per heavy atom. The second kappa shape index (κ2) is 6.42. The molecule has 2 aromatic carbocycles. The summed E-state index contributed by atoms with van der Waals surface area (Å²) in [7, 11) is 0. The predicted octanol–water partition coefficient (Wildman–Crippen LogP) is 5.02. The summed E-state index contributed by atoms with van der Waals surface area (Å²) in [6.07, 6.45) is 8.07. The topological polar surface area (TPSA) is 30.7 Å². The zero-order chi connectivity index (χ0) is 16.4. The molecule has 0 N–H and O–H groups in total. The first-order valence-electron chi connectivity index (χ1n) is 7.88. The van der Waals surface area contributed by atoms with Crippen molar-refractivity contribution in [3.8, 4) is 0 Å². The highest BCUT2D eigenvalue weighted by atomic mass is 32.1. The van der Waals surface area contributed by atoms with Crippen molar-refractivity contribution in [2.45, 2.75) is 13.5 Å². The summed E-state index contributed by atoms with van der Waals surface area (Å²) in [4.78, 5) is 4.67. The minimum absolute atomic E-state index is 0.787. The largest absolute Gasteiger partial charge is 0.268 e. The molecule has 0 atom stereocenters. The van der Waals surface area contributed by atoms with Crippen LogP contribution >= 0.6 is 11.3 Å². The molecule has 0 radical (unpaired) electrons. The van der Waals surface area contributed by atoms with Gasteiger partial charge in [-0.1, -0.05) is 36.4 Å². The van der Waals surface area contributed by atoms with Gasteiger partial charge in [-0.3, -0.25) is 4.68 Å². The van der Waals surface area contributed by atoms with Crippen molar-refractivity contribution in [2.24, 2.45) is 0 Å². The number of fused-ring (bicyclic) bond motifs is 1. The maximum atomic E-state index is 4.67.